The van der Waals surface area contributed by atoms with Crippen LogP contribution in [0.2, 0.25) is 0 Å². The summed E-state index contributed by atoms with van der Waals surface area (Å²) in [5.41, 5.74) is -0.253. The minimum Gasteiger partial charge on any atom is -0.360 e. The van der Waals surface area contributed by atoms with Gasteiger partial charge in [0.05, 0.1) is 5.41 Å². The van der Waals surface area contributed by atoms with E-state index in [0.717, 1.165) is 4.88 Å². The van der Waals surface area contributed by atoms with Crippen LogP contribution < -0.4 is 0 Å². The maximum absolute atomic E-state index is 13.0. The van der Waals surface area contributed by atoms with Crippen LogP contribution >= 0.6 is 11.3 Å². The molecule has 0 radical (unpaired) electrons. The molecule has 0 unspecified atom stereocenters. The van der Waals surface area contributed by atoms with E-state index in [9.17, 15) is 13.2 Å². The number of carbonyl (C=O) groups is 1. The van der Waals surface area contributed by atoms with Gasteiger partial charge in [0, 0.05) is 31.1 Å². The average molecular weight is 398 g/mol. The Morgan fingerprint density at radius 2 is 1.88 bits per heavy atom. The highest BCUT2D eigenvalue weighted by Gasteiger charge is 2.39. The largest absolute Gasteiger partial charge is 0.360 e. The van der Waals surface area contributed by atoms with Gasteiger partial charge in [-0.15, -0.1) is 11.3 Å². The molecule has 0 atom stereocenters. The number of hydrogen-bond donors (Lipinski definition) is 0. The zero-order chi connectivity index (χ0) is 19.1. The van der Waals surface area contributed by atoms with E-state index in [2.05, 4.69) is 5.16 Å². The third-order valence-corrected chi connectivity index (χ3v) is 8.10. The van der Waals surface area contributed by atoms with E-state index in [1.807, 2.05) is 31.4 Å². The average Bonchev–Trinajstić information content (AvgIpc) is 3.25. The summed E-state index contributed by atoms with van der Waals surface area (Å²) in [5, 5.41) is 5.69. The highest BCUT2D eigenvalue weighted by Crippen LogP contribution is 2.30. The first-order valence-electron chi connectivity index (χ1n) is 8.42. The molecule has 1 aliphatic rings. The monoisotopic (exact) mass is 397 g/mol. The molecule has 2 aromatic heterocycles. The van der Waals surface area contributed by atoms with Crippen molar-refractivity contribution in [1.29, 1.82) is 0 Å². The number of nitrogens with zero attached hydrogens (tertiary/aromatic N) is 3. The molecule has 0 N–H and O–H groups in total. The molecule has 3 heterocycles. The molecular formula is C17H23N3O4S2. The Balaban J connectivity index is 1.72. The van der Waals surface area contributed by atoms with Crippen LogP contribution in [0.1, 0.15) is 30.2 Å². The fourth-order valence-corrected chi connectivity index (χ4v) is 5.79. The van der Waals surface area contributed by atoms with Gasteiger partial charge in [-0.1, -0.05) is 11.2 Å². The van der Waals surface area contributed by atoms with Crippen molar-refractivity contribution in [3.05, 3.63) is 33.8 Å². The molecule has 142 valence electrons. The van der Waals surface area contributed by atoms with Crippen LogP contribution in [0.5, 0.6) is 0 Å². The minimum atomic E-state index is -3.67. The second-order valence-corrected chi connectivity index (χ2v) is 9.77. The van der Waals surface area contributed by atoms with Gasteiger partial charge in [-0.25, -0.2) is 8.42 Å². The van der Waals surface area contributed by atoms with E-state index in [-0.39, 0.29) is 23.9 Å². The third-order valence-electron chi connectivity index (χ3n) is 4.76. The Labute approximate surface area is 157 Å². The summed E-state index contributed by atoms with van der Waals surface area (Å²) in [7, 11) is -3.67. The summed E-state index contributed by atoms with van der Waals surface area (Å²) in [6.07, 6.45) is 0. The summed E-state index contributed by atoms with van der Waals surface area (Å²) in [5.74, 6) is 0.314. The van der Waals surface area contributed by atoms with Crippen LogP contribution in [-0.2, 0) is 20.2 Å². The van der Waals surface area contributed by atoms with Crippen molar-refractivity contribution in [2.45, 2.75) is 38.0 Å². The number of thiophene rings is 1. The molecule has 1 saturated heterocycles. The molecule has 0 spiro atoms. The number of sulfonamides is 1. The van der Waals surface area contributed by atoms with E-state index in [1.165, 1.54) is 4.31 Å². The number of amides is 1. The smallest absolute Gasteiger partial charge is 0.248 e. The second kappa shape index (κ2) is 6.79. The zero-order valence-electron chi connectivity index (χ0n) is 15.4. The van der Waals surface area contributed by atoms with Crippen molar-refractivity contribution in [1.82, 2.24) is 14.4 Å². The van der Waals surface area contributed by atoms with Crippen molar-refractivity contribution >= 4 is 27.3 Å². The molecule has 9 heteroatoms. The molecule has 1 amide bonds. The van der Waals surface area contributed by atoms with Gasteiger partial charge in [0.15, 0.2) is 5.76 Å². The summed E-state index contributed by atoms with van der Waals surface area (Å²) in [6.45, 7) is 8.30. The van der Waals surface area contributed by atoms with Gasteiger partial charge >= 0.3 is 0 Å². The maximum Gasteiger partial charge on any atom is 0.248 e. The summed E-state index contributed by atoms with van der Waals surface area (Å²) in [6, 6.07) is 3.89. The Hall–Kier alpha value is -1.71. The quantitative estimate of drug-likeness (QED) is 0.789. The van der Waals surface area contributed by atoms with Gasteiger partial charge < -0.3 is 9.42 Å². The lowest BCUT2D eigenvalue weighted by molar-refractivity contribution is -0.137. The standard InChI is InChI=1S/C17H23N3O4S2/c1-12-15(13(2)24-18-12)26(22,23)20-9-7-19(8-10-20)16(21)17(3,4)14-6-5-11-25-14/h5-6,11H,7-10H2,1-4H3. The van der Waals surface area contributed by atoms with Crippen LogP contribution in [0.3, 0.4) is 0 Å². The Kier molecular flexibility index (Phi) is 4.98. The predicted molar refractivity (Wildman–Crippen MR) is 98.7 cm³/mol. The molecular weight excluding hydrogens is 374 g/mol. The van der Waals surface area contributed by atoms with E-state index in [4.69, 9.17) is 4.52 Å². The van der Waals surface area contributed by atoms with Crippen LogP contribution in [0.4, 0.5) is 0 Å². The lowest BCUT2D eigenvalue weighted by atomic mass is 9.89. The van der Waals surface area contributed by atoms with E-state index < -0.39 is 15.4 Å². The number of hydrogen-bond acceptors (Lipinski definition) is 6. The lowest BCUT2D eigenvalue weighted by Crippen LogP contribution is -2.54. The molecule has 3 rings (SSSR count). The van der Waals surface area contributed by atoms with Gasteiger partial charge in [-0.2, -0.15) is 4.31 Å². The Morgan fingerprint density at radius 1 is 1.23 bits per heavy atom. The number of rotatable bonds is 4. The second-order valence-electron chi connectivity index (χ2n) is 6.95. The fourth-order valence-electron chi connectivity index (χ4n) is 3.24. The van der Waals surface area contributed by atoms with Gasteiger partial charge in [0.2, 0.25) is 15.9 Å². The normalized spacial score (nSPS) is 16.8. The van der Waals surface area contributed by atoms with Crippen molar-refractivity contribution in [3.8, 4) is 0 Å². The first kappa shape index (κ1) is 19.1. The molecule has 2 aromatic rings. The molecule has 0 aromatic carbocycles. The zero-order valence-corrected chi connectivity index (χ0v) is 17.0. The molecule has 0 bridgehead atoms. The van der Waals surface area contributed by atoms with E-state index in [1.54, 1.807) is 30.1 Å². The maximum atomic E-state index is 13.0. The van der Waals surface area contributed by atoms with E-state index in [0.29, 0.717) is 24.5 Å². The number of piperazine rings is 1. The summed E-state index contributed by atoms with van der Waals surface area (Å²) >= 11 is 1.56. The molecule has 0 saturated carbocycles. The van der Waals surface area contributed by atoms with Gasteiger partial charge in [-0.05, 0) is 39.1 Å². The third kappa shape index (κ3) is 3.19. The van der Waals surface area contributed by atoms with Crippen molar-refractivity contribution < 1.29 is 17.7 Å². The SMILES string of the molecule is Cc1noc(C)c1S(=O)(=O)N1CCN(C(=O)C(C)(C)c2cccs2)CC1. The molecule has 0 aliphatic carbocycles. The summed E-state index contributed by atoms with van der Waals surface area (Å²) in [4.78, 5) is 15.8. The number of aromatic nitrogens is 1. The topological polar surface area (TPSA) is 83.7 Å². The van der Waals surface area contributed by atoms with Crippen LogP contribution in [0.25, 0.3) is 0 Å². The highest BCUT2D eigenvalue weighted by atomic mass is 32.2. The van der Waals surface area contributed by atoms with Crippen LogP contribution in [0.15, 0.2) is 26.9 Å². The minimum absolute atomic E-state index is 0.0225. The van der Waals surface area contributed by atoms with Gasteiger partial charge in [0.1, 0.15) is 10.6 Å². The Bertz CT molecular complexity index is 873. The van der Waals surface area contributed by atoms with Gasteiger partial charge in [0.25, 0.3) is 0 Å². The first-order valence-corrected chi connectivity index (χ1v) is 10.7. The number of aryl methyl sites for hydroxylation is 2. The fraction of sp³-hybridized carbons (Fsp3) is 0.529. The molecule has 7 nitrogen and oxygen atoms in total. The lowest BCUT2D eigenvalue weighted by Gasteiger charge is -2.37. The van der Waals surface area contributed by atoms with Crippen LogP contribution in [0, 0.1) is 13.8 Å². The van der Waals surface area contributed by atoms with Crippen LogP contribution in [-0.4, -0.2) is 54.9 Å². The van der Waals surface area contributed by atoms with Gasteiger partial charge in [-0.3, -0.25) is 4.79 Å². The predicted octanol–water partition coefficient (Wildman–Crippen LogP) is 2.16. The first-order chi connectivity index (χ1) is 12.2. The Morgan fingerprint density at radius 3 is 2.38 bits per heavy atom. The van der Waals surface area contributed by atoms with E-state index >= 15 is 0 Å². The number of carbonyl (C=O) groups excluding carboxylic acids is 1. The van der Waals surface area contributed by atoms with Crippen molar-refractivity contribution in [2.75, 3.05) is 26.2 Å². The summed E-state index contributed by atoms with van der Waals surface area (Å²) < 4.78 is 32.2. The molecule has 1 fully saturated rings. The van der Waals surface area contributed by atoms with Crippen molar-refractivity contribution in [2.24, 2.45) is 0 Å². The highest BCUT2D eigenvalue weighted by molar-refractivity contribution is 7.89. The molecule has 1 aliphatic heterocycles. The molecule has 26 heavy (non-hydrogen) atoms. The van der Waals surface area contributed by atoms with Crippen molar-refractivity contribution in [3.63, 3.8) is 0 Å².